The molecule has 2 aromatic carbocycles. The first-order valence-corrected chi connectivity index (χ1v) is 7.78. The zero-order valence-corrected chi connectivity index (χ0v) is 12.8. The molecule has 4 heteroatoms. The number of phenols is 1. The Kier molecular flexibility index (Phi) is 5.02. The Morgan fingerprint density at radius 3 is 2.67 bits per heavy atom. The van der Waals surface area contributed by atoms with Crippen LogP contribution in [-0.4, -0.2) is 10.9 Å². The van der Waals surface area contributed by atoms with Crippen LogP contribution in [0.2, 0.25) is 0 Å². The smallest absolute Gasteiger partial charge is 0.163 e. The SMILES string of the molecule is CC(=O)c1cc(F)cc(CSCc2cccc(C)c2)c1O. The van der Waals surface area contributed by atoms with Crippen molar-refractivity contribution in [2.75, 3.05) is 0 Å². The highest BCUT2D eigenvalue weighted by Gasteiger charge is 2.13. The van der Waals surface area contributed by atoms with Gasteiger partial charge in [0.2, 0.25) is 0 Å². The molecule has 0 atom stereocenters. The summed E-state index contributed by atoms with van der Waals surface area (Å²) in [5, 5.41) is 10.0. The van der Waals surface area contributed by atoms with Gasteiger partial charge in [0.15, 0.2) is 5.78 Å². The number of hydrogen-bond acceptors (Lipinski definition) is 3. The Bertz CT molecular complexity index is 668. The van der Waals surface area contributed by atoms with Crippen LogP contribution in [0.3, 0.4) is 0 Å². The first-order chi connectivity index (χ1) is 9.97. The van der Waals surface area contributed by atoms with E-state index in [1.165, 1.54) is 24.1 Å². The molecular formula is C17H17FO2S. The van der Waals surface area contributed by atoms with E-state index in [9.17, 15) is 14.3 Å². The molecule has 0 spiro atoms. The van der Waals surface area contributed by atoms with Gasteiger partial charge in [0.05, 0.1) is 5.56 Å². The lowest BCUT2D eigenvalue weighted by atomic mass is 10.1. The maximum Gasteiger partial charge on any atom is 0.163 e. The van der Waals surface area contributed by atoms with Crippen LogP contribution in [0.5, 0.6) is 5.75 Å². The third-order valence-electron chi connectivity index (χ3n) is 3.14. The van der Waals surface area contributed by atoms with Gasteiger partial charge < -0.3 is 5.11 Å². The molecule has 0 aromatic heterocycles. The summed E-state index contributed by atoms with van der Waals surface area (Å²) in [6, 6.07) is 10.5. The van der Waals surface area contributed by atoms with Crippen LogP contribution in [0.4, 0.5) is 4.39 Å². The van der Waals surface area contributed by atoms with Crippen LogP contribution >= 0.6 is 11.8 Å². The van der Waals surface area contributed by atoms with Gasteiger partial charge in [-0.2, -0.15) is 11.8 Å². The second kappa shape index (κ2) is 6.76. The van der Waals surface area contributed by atoms with Gasteiger partial charge in [-0.1, -0.05) is 29.8 Å². The Balaban J connectivity index is 2.08. The van der Waals surface area contributed by atoms with Crippen molar-refractivity contribution in [3.05, 3.63) is 64.5 Å². The standard InChI is InChI=1S/C17H17FO2S/c1-11-4-3-5-13(6-11)9-21-10-14-7-15(18)8-16(12(2)19)17(14)20/h3-8,20H,9-10H2,1-2H3. The minimum atomic E-state index is -0.496. The van der Waals surface area contributed by atoms with E-state index in [0.29, 0.717) is 11.3 Å². The number of carbonyl (C=O) groups is 1. The fraction of sp³-hybridized carbons (Fsp3) is 0.235. The first-order valence-electron chi connectivity index (χ1n) is 6.63. The molecule has 2 aromatic rings. The third-order valence-corrected chi connectivity index (χ3v) is 4.19. The Labute approximate surface area is 128 Å². The number of benzene rings is 2. The average Bonchev–Trinajstić information content (AvgIpc) is 2.42. The van der Waals surface area contributed by atoms with E-state index in [1.807, 2.05) is 25.1 Å². The van der Waals surface area contributed by atoms with Gasteiger partial charge in [-0.3, -0.25) is 4.79 Å². The summed E-state index contributed by atoms with van der Waals surface area (Å²) in [4.78, 5) is 11.4. The molecule has 0 aliphatic rings. The summed E-state index contributed by atoms with van der Waals surface area (Å²) >= 11 is 1.57. The summed E-state index contributed by atoms with van der Waals surface area (Å²) in [6.07, 6.45) is 0. The van der Waals surface area contributed by atoms with Crippen LogP contribution in [-0.2, 0) is 11.5 Å². The second-order valence-corrected chi connectivity index (χ2v) is 5.98. The normalized spacial score (nSPS) is 10.6. The van der Waals surface area contributed by atoms with Gasteiger partial charge in [-0.25, -0.2) is 4.39 Å². The third kappa shape index (κ3) is 4.08. The van der Waals surface area contributed by atoms with Gasteiger partial charge in [-0.15, -0.1) is 0 Å². The number of hydrogen-bond donors (Lipinski definition) is 1. The Morgan fingerprint density at radius 1 is 1.24 bits per heavy atom. The molecule has 2 rings (SSSR count). The van der Waals surface area contributed by atoms with Crippen molar-refractivity contribution < 1.29 is 14.3 Å². The molecule has 2 nitrogen and oxygen atoms in total. The van der Waals surface area contributed by atoms with Crippen LogP contribution < -0.4 is 0 Å². The molecule has 110 valence electrons. The number of phenolic OH excluding ortho intramolecular Hbond substituents is 1. The molecular weight excluding hydrogens is 287 g/mol. The number of halogens is 1. The lowest BCUT2D eigenvalue weighted by Gasteiger charge is -2.09. The molecule has 0 aliphatic heterocycles. The number of aromatic hydroxyl groups is 1. The van der Waals surface area contributed by atoms with E-state index in [1.54, 1.807) is 11.8 Å². The predicted molar refractivity (Wildman–Crippen MR) is 84.2 cm³/mol. The van der Waals surface area contributed by atoms with Crippen molar-refractivity contribution in [3.8, 4) is 5.75 Å². The lowest BCUT2D eigenvalue weighted by Crippen LogP contribution is -1.97. The maximum absolute atomic E-state index is 13.5. The number of carbonyl (C=O) groups excluding carboxylic acids is 1. The van der Waals surface area contributed by atoms with Crippen LogP contribution in [0, 0.1) is 12.7 Å². The molecule has 0 heterocycles. The first kappa shape index (κ1) is 15.6. The van der Waals surface area contributed by atoms with Gasteiger partial charge in [0.25, 0.3) is 0 Å². The molecule has 21 heavy (non-hydrogen) atoms. The van der Waals surface area contributed by atoms with Crippen LogP contribution in [0.25, 0.3) is 0 Å². The van der Waals surface area contributed by atoms with Crippen molar-refractivity contribution in [3.63, 3.8) is 0 Å². The van der Waals surface area contributed by atoms with Crippen molar-refractivity contribution >= 4 is 17.5 Å². The van der Waals surface area contributed by atoms with Crippen molar-refractivity contribution in [2.45, 2.75) is 25.4 Å². The zero-order valence-electron chi connectivity index (χ0n) is 12.0. The van der Waals surface area contributed by atoms with E-state index in [2.05, 4.69) is 6.07 Å². The fourth-order valence-corrected chi connectivity index (χ4v) is 3.07. The Hall–Kier alpha value is -1.81. The highest BCUT2D eigenvalue weighted by atomic mass is 32.2. The highest BCUT2D eigenvalue weighted by Crippen LogP contribution is 2.29. The van der Waals surface area contributed by atoms with E-state index in [4.69, 9.17) is 0 Å². The molecule has 0 bridgehead atoms. The molecule has 0 unspecified atom stereocenters. The van der Waals surface area contributed by atoms with Gasteiger partial charge in [0.1, 0.15) is 11.6 Å². The topological polar surface area (TPSA) is 37.3 Å². The van der Waals surface area contributed by atoms with Crippen molar-refractivity contribution in [1.29, 1.82) is 0 Å². The fourth-order valence-electron chi connectivity index (χ4n) is 2.11. The van der Waals surface area contributed by atoms with Crippen molar-refractivity contribution in [2.24, 2.45) is 0 Å². The number of ketones is 1. The Morgan fingerprint density at radius 2 is 2.00 bits per heavy atom. The molecule has 0 saturated carbocycles. The van der Waals surface area contributed by atoms with Crippen molar-refractivity contribution in [1.82, 2.24) is 0 Å². The maximum atomic E-state index is 13.5. The second-order valence-electron chi connectivity index (χ2n) is 5.00. The number of rotatable bonds is 5. The predicted octanol–water partition coefficient (Wildman–Crippen LogP) is 4.48. The van der Waals surface area contributed by atoms with E-state index >= 15 is 0 Å². The van der Waals surface area contributed by atoms with Gasteiger partial charge >= 0.3 is 0 Å². The number of thioether (sulfide) groups is 1. The summed E-state index contributed by atoms with van der Waals surface area (Å²) in [6.45, 7) is 3.35. The number of Topliss-reactive ketones (excluding diaryl/α,β-unsaturated/α-hetero) is 1. The zero-order chi connectivity index (χ0) is 15.4. The molecule has 0 amide bonds. The molecule has 0 aliphatic carbocycles. The molecule has 1 N–H and O–H groups in total. The summed E-state index contributed by atoms with van der Waals surface area (Å²) < 4.78 is 13.5. The quantitative estimate of drug-likeness (QED) is 0.828. The van der Waals surface area contributed by atoms with Crippen LogP contribution in [0.1, 0.15) is 34.0 Å². The van der Waals surface area contributed by atoms with E-state index in [0.717, 1.165) is 11.8 Å². The summed E-state index contributed by atoms with van der Waals surface area (Å²) in [5.74, 6) is 0.284. The average molecular weight is 304 g/mol. The molecule has 0 saturated heterocycles. The largest absolute Gasteiger partial charge is 0.507 e. The number of aryl methyl sites for hydroxylation is 1. The lowest BCUT2D eigenvalue weighted by molar-refractivity contribution is 0.101. The molecule has 0 radical (unpaired) electrons. The van der Waals surface area contributed by atoms with E-state index in [-0.39, 0.29) is 17.1 Å². The minimum Gasteiger partial charge on any atom is -0.507 e. The van der Waals surface area contributed by atoms with Gasteiger partial charge in [-0.05, 0) is 31.5 Å². The van der Waals surface area contributed by atoms with Crippen LogP contribution in [0.15, 0.2) is 36.4 Å². The summed E-state index contributed by atoms with van der Waals surface area (Å²) in [7, 11) is 0. The molecule has 0 fully saturated rings. The minimum absolute atomic E-state index is 0.0427. The van der Waals surface area contributed by atoms with E-state index < -0.39 is 5.82 Å². The monoisotopic (exact) mass is 304 g/mol. The summed E-state index contributed by atoms with van der Waals surface area (Å²) in [5.41, 5.74) is 2.88. The highest BCUT2D eigenvalue weighted by molar-refractivity contribution is 7.97. The van der Waals surface area contributed by atoms with Gasteiger partial charge in [0, 0.05) is 17.1 Å².